The Hall–Kier alpha value is -1.56. The van der Waals surface area contributed by atoms with Crippen molar-refractivity contribution < 1.29 is 4.79 Å². The molecule has 0 fully saturated rings. The van der Waals surface area contributed by atoms with Gasteiger partial charge in [-0.05, 0) is 12.8 Å². The van der Waals surface area contributed by atoms with Gasteiger partial charge in [-0.15, -0.1) is 0 Å². The van der Waals surface area contributed by atoms with Crippen molar-refractivity contribution in [1.82, 2.24) is 10.2 Å². The number of amides is 1. The topological polar surface area (TPSA) is 101 Å². The number of hydrogen-bond donors (Lipinski definition) is 3. The van der Waals surface area contributed by atoms with E-state index in [0.717, 1.165) is 6.42 Å². The molecule has 0 aliphatic carbocycles. The zero-order chi connectivity index (χ0) is 12.0. The number of hydrogen-bond acceptors (Lipinski definition) is 4. The molecule has 0 aliphatic heterocycles. The molecule has 4 N–H and O–H groups in total. The fourth-order valence-corrected chi connectivity index (χ4v) is 1.31. The van der Waals surface area contributed by atoms with Crippen LogP contribution in [0.3, 0.4) is 0 Å². The van der Waals surface area contributed by atoms with Gasteiger partial charge in [0.2, 0.25) is 5.91 Å². The third kappa shape index (κ3) is 3.90. The van der Waals surface area contributed by atoms with Gasteiger partial charge in [-0.1, -0.05) is 11.6 Å². The van der Waals surface area contributed by atoms with E-state index >= 15 is 0 Å². The van der Waals surface area contributed by atoms with Gasteiger partial charge in [0.1, 0.15) is 5.02 Å². The summed E-state index contributed by atoms with van der Waals surface area (Å²) in [5, 5.41) is 8.88. The summed E-state index contributed by atoms with van der Waals surface area (Å²) in [6.07, 6.45) is 3.28. The number of carbonyl (C=O) groups excluding carboxylic acids is 1. The van der Waals surface area contributed by atoms with Crippen LogP contribution in [-0.4, -0.2) is 22.6 Å². The highest BCUT2D eigenvalue weighted by Crippen LogP contribution is 2.14. The summed E-state index contributed by atoms with van der Waals surface area (Å²) in [6, 6.07) is 0. The molecule has 88 valence electrons. The van der Waals surface area contributed by atoms with Gasteiger partial charge >= 0.3 is 0 Å². The standard InChI is InChI=1S/C9H13ClN4O2/c10-8-6(5-13-14-9(8)16)12-4-2-1-3-7(11)15/h5H,1-4H2,(H2,11,15)(H2,12,14,16). The predicted octanol–water partition coefficient (Wildman–Crippen LogP) is 0.491. The van der Waals surface area contributed by atoms with E-state index in [1.165, 1.54) is 6.20 Å². The molecule has 6 nitrogen and oxygen atoms in total. The molecule has 0 aromatic carbocycles. The van der Waals surface area contributed by atoms with Crippen LogP contribution >= 0.6 is 11.6 Å². The van der Waals surface area contributed by atoms with Crippen molar-refractivity contribution in [1.29, 1.82) is 0 Å². The van der Waals surface area contributed by atoms with E-state index in [4.69, 9.17) is 17.3 Å². The highest BCUT2D eigenvalue weighted by molar-refractivity contribution is 6.32. The number of nitrogens with zero attached hydrogens (tertiary/aromatic N) is 1. The Kier molecular flexibility index (Phi) is 4.78. The number of primary amides is 1. The lowest BCUT2D eigenvalue weighted by Crippen LogP contribution is -2.13. The monoisotopic (exact) mass is 244 g/mol. The minimum Gasteiger partial charge on any atom is -0.382 e. The SMILES string of the molecule is NC(=O)CCCCNc1cn[nH]c(=O)c1Cl. The number of unbranched alkanes of at least 4 members (excludes halogenated alkanes) is 1. The third-order valence-corrected chi connectivity index (χ3v) is 2.34. The average molecular weight is 245 g/mol. The van der Waals surface area contributed by atoms with Crippen molar-refractivity contribution in [2.24, 2.45) is 5.73 Å². The Morgan fingerprint density at radius 1 is 1.56 bits per heavy atom. The number of nitrogens with two attached hydrogens (primary N) is 1. The van der Waals surface area contributed by atoms with Crippen LogP contribution in [0.15, 0.2) is 11.0 Å². The van der Waals surface area contributed by atoms with Crippen molar-refractivity contribution in [2.45, 2.75) is 19.3 Å². The highest BCUT2D eigenvalue weighted by Gasteiger charge is 2.03. The first kappa shape index (κ1) is 12.5. The summed E-state index contributed by atoms with van der Waals surface area (Å²) in [5.74, 6) is -0.309. The molecule has 1 aromatic rings. The Morgan fingerprint density at radius 3 is 3.00 bits per heavy atom. The molecule has 0 unspecified atom stereocenters. The first-order valence-corrected chi connectivity index (χ1v) is 5.24. The van der Waals surface area contributed by atoms with Crippen LogP contribution in [-0.2, 0) is 4.79 Å². The van der Waals surface area contributed by atoms with Crippen molar-refractivity contribution in [2.75, 3.05) is 11.9 Å². The highest BCUT2D eigenvalue weighted by atomic mass is 35.5. The van der Waals surface area contributed by atoms with Crippen LogP contribution in [0.1, 0.15) is 19.3 Å². The fourth-order valence-electron chi connectivity index (χ4n) is 1.15. The molecule has 1 amide bonds. The molecule has 0 saturated heterocycles. The molecule has 1 aromatic heterocycles. The van der Waals surface area contributed by atoms with Gasteiger partial charge in [0, 0.05) is 13.0 Å². The first-order chi connectivity index (χ1) is 7.61. The number of carbonyl (C=O) groups is 1. The summed E-state index contributed by atoms with van der Waals surface area (Å²) in [6.45, 7) is 0.609. The summed E-state index contributed by atoms with van der Waals surface area (Å²) >= 11 is 5.74. The largest absolute Gasteiger partial charge is 0.382 e. The van der Waals surface area contributed by atoms with Crippen LogP contribution in [0.5, 0.6) is 0 Å². The maximum absolute atomic E-state index is 11.1. The lowest BCUT2D eigenvalue weighted by atomic mass is 10.2. The van der Waals surface area contributed by atoms with E-state index in [2.05, 4.69) is 15.5 Å². The van der Waals surface area contributed by atoms with E-state index < -0.39 is 5.56 Å². The summed E-state index contributed by atoms with van der Waals surface area (Å²) in [5.41, 5.74) is 5.06. The van der Waals surface area contributed by atoms with Crippen LogP contribution in [0.4, 0.5) is 5.69 Å². The maximum atomic E-state index is 11.1. The number of anilines is 1. The van der Waals surface area contributed by atoms with E-state index in [-0.39, 0.29) is 10.9 Å². The lowest BCUT2D eigenvalue weighted by molar-refractivity contribution is -0.118. The molecule has 16 heavy (non-hydrogen) atoms. The van der Waals surface area contributed by atoms with Crippen LogP contribution < -0.4 is 16.6 Å². The predicted molar refractivity (Wildman–Crippen MR) is 61.4 cm³/mol. The lowest BCUT2D eigenvalue weighted by Gasteiger charge is -2.05. The molecule has 0 bridgehead atoms. The molecular weight excluding hydrogens is 232 g/mol. The maximum Gasteiger partial charge on any atom is 0.285 e. The summed E-state index contributed by atoms with van der Waals surface area (Å²) in [7, 11) is 0. The van der Waals surface area contributed by atoms with Gasteiger partial charge in [-0.25, -0.2) is 5.10 Å². The van der Waals surface area contributed by atoms with Gasteiger partial charge < -0.3 is 11.1 Å². The van der Waals surface area contributed by atoms with Gasteiger partial charge in [-0.2, -0.15) is 5.10 Å². The molecule has 0 spiro atoms. The summed E-state index contributed by atoms with van der Waals surface area (Å²) in [4.78, 5) is 21.5. The van der Waals surface area contributed by atoms with E-state index in [9.17, 15) is 9.59 Å². The molecule has 0 saturated carbocycles. The van der Waals surface area contributed by atoms with Gasteiger partial charge in [0.25, 0.3) is 5.56 Å². The van der Waals surface area contributed by atoms with Crippen LogP contribution in [0.2, 0.25) is 5.02 Å². The number of nitrogens with one attached hydrogen (secondary N) is 2. The zero-order valence-corrected chi connectivity index (χ0v) is 9.38. The van der Waals surface area contributed by atoms with Gasteiger partial charge in [0.15, 0.2) is 0 Å². The number of aromatic nitrogens is 2. The second-order valence-corrected chi connectivity index (χ2v) is 3.65. The van der Waals surface area contributed by atoms with Gasteiger partial charge in [0.05, 0.1) is 11.9 Å². The Balaban J connectivity index is 2.35. The fraction of sp³-hybridized carbons (Fsp3) is 0.444. The minimum absolute atomic E-state index is 0.0879. The van der Waals surface area contributed by atoms with Crippen LogP contribution in [0, 0.1) is 0 Å². The number of H-pyrrole nitrogens is 1. The Morgan fingerprint density at radius 2 is 2.31 bits per heavy atom. The minimum atomic E-state index is -0.427. The molecular formula is C9H13ClN4O2. The molecule has 1 heterocycles. The first-order valence-electron chi connectivity index (χ1n) is 4.86. The van der Waals surface area contributed by atoms with Crippen LogP contribution in [0.25, 0.3) is 0 Å². The molecule has 0 aliphatic rings. The molecule has 7 heteroatoms. The van der Waals surface area contributed by atoms with Crippen molar-refractivity contribution in [3.8, 4) is 0 Å². The third-order valence-electron chi connectivity index (χ3n) is 1.96. The van der Waals surface area contributed by atoms with E-state index in [1.54, 1.807) is 0 Å². The quantitative estimate of drug-likeness (QED) is 0.634. The molecule has 0 radical (unpaired) electrons. The van der Waals surface area contributed by atoms with Crippen molar-refractivity contribution in [3.63, 3.8) is 0 Å². The zero-order valence-electron chi connectivity index (χ0n) is 8.62. The molecule has 0 atom stereocenters. The van der Waals surface area contributed by atoms with Crippen molar-refractivity contribution >= 4 is 23.2 Å². The number of rotatable bonds is 6. The van der Waals surface area contributed by atoms with E-state index in [0.29, 0.717) is 25.1 Å². The Labute approximate surface area is 97.2 Å². The Bertz CT molecular complexity index is 418. The number of halogens is 1. The second kappa shape index (κ2) is 6.12. The smallest absolute Gasteiger partial charge is 0.285 e. The summed E-state index contributed by atoms with van der Waals surface area (Å²) < 4.78 is 0. The van der Waals surface area contributed by atoms with E-state index in [1.807, 2.05) is 0 Å². The van der Waals surface area contributed by atoms with Crippen molar-refractivity contribution in [3.05, 3.63) is 21.6 Å². The number of aromatic amines is 1. The molecule has 1 rings (SSSR count). The second-order valence-electron chi connectivity index (χ2n) is 3.28. The average Bonchev–Trinajstić information content (AvgIpc) is 2.23. The van der Waals surface area contributed by atoms with Gasteiger partial charge in [-0.3, -0.25) is 9.59 Å². The normalized spacial score (nSPS) is 10.1.